The van der Waals surface area contributed by atoms with Crippen molar-refractivity contribution in [2.75, 3.05) is 0 Å². The fraction of sp³-hybridized carbons (Fsp3) is 0.800. The lowest BCUT2D eigenvalue weighted by Gasteiger charge is -2.29. The minimum atomic E-state index is -1.13. The minimum absolute atomic E-state index is 0.0990. The molecule has 1 amide bonds. The fourth-order valence-electron chi connectivity index (χ4n) is 0.867. The Morgan fingerprint density at radius 3 is 2.13 bits per heavy atom. The van der Waals surface area contributed by atoms with Gasteiger partial charge in [0.1, 0.15) is 6.04 Å². The Morgan fingerprint density at radius 1 is 1.40 bits per heavy atom. The fourth-order valence-corrected chi connectivity index (χ4v) is 1.04. The van der Waals surface area contributed by atoms with E-state index in [9.17, 15) is 9.59 Å². The normalized spacial score (nSPS) is 15.4. The molecule has 0 aromatic carbocycles. The highest BCUT2D eigenvalue weighted by Gasteiger charge is 2.36. The highest BCUT2D eigenvalue weighted by atomic mass is 32.1. The second-order valence-corrected chi connectivity index (χ2v) is 5.93. The lowest BCUT2D eigenvalue weighted by molar-refractivity contribution is -0.144. The van der Waals surface area contributed by atoms with E-state index in [4.69, 9.17) is 6.48 Å². The SMILES string of the molecule is [2H]CC(C)(C)C(=O)N[C@H](C(=O)O)C(C)(C)S. The topological polar surface area (TPSA) is 66.4 Å². The number of hydrogen-bond acceptors (Lipinski definition) is 3. The minimum Gasteiger partial charge on any atom is -0.480 e. The van der Waals surface area contributed by atoms with E-state index in [1.807, 2.05) is 0 Å². The highest BCUT2D eigenvalue weighted by Crippen LogP contribution is 2.20. The maximum atomic E-state index is 11.7. The monoisotopic (exact) mass is 234 g/mol. The molecule has 2 N–H and O–H groups in total. The molecule has 15 heavy (non-hydrogen) atoms. The van der Waals surface area contributed by atoms with Gasteiger partial charge in [0.2, 0.25) is 5.91 Å². The zero-order chi connectivity index (χ0) is 13.1. The van der Waals surface area contributed by atoms with E-state index in [0.717, 1.165) is 0 Å². The summed E-state index contributed by atoms with van der Waals surface area (Å²) in [4.78, 5) is 22.7. The van der Waals surface area contributed by atoms with Gasteiger partial charge >= 0.3 is 5.97 Å². The first-order chi connectivity index (χ1) is 7.02. The van der Waals surface area contributed by atoms with Crippen LogP contribution in [0.2, 0.25) is 0 Å². The first kappa shape index (κ1) is 12.4. The predicted molar refractivity (Wildman–Crippen MR) is 62.1 cm³/mol. The second-order valence-electron chi connectivity index (χ2n) is 4.78. The van der Waals surface area contributed by atoms with Crippen LogP contribution in [0.1, 0.15) is 36.0 Å². The van der Waals surface area contributed by atoms with E-state index < -0.39 is 28.1 Å². The predicted octanol–water partition coefficient (Wildman–Crippen LogP) is 1.31. The Balaban J connectivity index is 4.81. The molecule has 0 spiro atoms. The number of amides is 1. The quantitative estimate of drug-likeness (QED) is 0.645. The van der Waals surface area contributed by atoms with Gasteiger partial charge in [0.25, 0.3) is 0 Å². The number of carboxylic acid groups (broad SMARTS) is 1. The van der Waals surface area contributed by atoms with Crippen molar-refractivity contribution in [3.8, 4) is 0 Å². The number of carbonyl (C=O) groups is 2. The molecule has 0 heterocycles. The van der Waals surface area contributed by atoms with Gasteiger partial charge in [-0.05, 0) is 13.8 Å². The maximum absolute atomic E-state index is 11.7. The second kappa shape index (κ2) is 4.43. The number of carboxylic acids is 1. The summed E-state index contributed by atoms with van der Waals surface area (Å²) in [6.07, 6.45) is 0. The van der Waals surface area contributed by atoms with Crippen LogP contribution in [0.25, 0.3) is 0 Å². The molecule has 0 rings (SSSR count). The average molecular weight is 234 g/mol. The molecule has 0 aromatic heterocycles. The summed E-state index contributed by atoms with van der Waals surface area (Å²) in [6.45, 7) is 6.32. The van der Waals surface area contributed by atoms with Gasteiger partial charge in [-0.15, -0.1) is 0 Å². The summed E-state index contributed by atoms with van der Waals surface area (Å²) in [6, 6.07) is -1.07. The van der Waals surface area contributed by atoms with Crippen molar-refractivity contribution in [2.24, 2.45) is 5.41 Å². The molecule has 0 aliphatic heterocycles. The summed E-state index contributed by atoms with van der Waals surface area (Å²) in [5, 5.41) is 11.4. The molecule has 0 fully saturated rings. The molecular weight excluding hydrogens is 214 g/mol. The Bertz CT molecular complexity index is 286. The summed E-state index contributed by atoms with van der Waals surface area (Å²) < 4.78 is 6.35. The average Bonchev–Trinajstić information content (AvgIpc) is 2.11. The van der Waals surface area contributed by atoms with Crippen molar-refractivity contribution in [2.45, 2.75) is 45.4 Å². The van der Waals surface area contributed by atoms with Crippen molar-refractivity contribution >= 4 is 24.5 Å². The standard InChI is InChI=1S/C10H19NO3S/c1-9(2,3)8(14)11-6(7(12)13)10(4,5)15/h6,15H,1-5H3,(H,11,14)(H,12,13)/t6-/m1/s1/i1D. The van der Waals surface area contributed by atoms with Crippen LogP contribution >= 0.6 is 12.6 Å². The van der Waals surface area contributed by atoms with E-state index in [1.165, 1.54) is 0 Å². The van der Waals surface area contributed by atoms with Crippen LogP contribution in [0.5, 0.6) is 0 Å². The third kappa shape index (κ3) is 4.55. The van der Waals surface area contributed by atoms with Gasteiger partial charge in [0, 0.05) is 11.5 Å². The number of aliphatic carboxylic acids is 1. The first-order valence-corrected chi connectivity index (χ1v) is 5.02. The van der Waals surface area contributed by atoms with Gasteiger partial charge in [-0.2, -0.15) is 12.6 Å². The molecule has 0 aliphatic carbocycles. The molecule has 1 atom stereocenters. The molecule has 0 saturated heterocycles. The first-order valence-electron chi connectivity index (χ1n) is 5.28. The third-order valence-corrected chi connectivity index (χ3v) is 2.10. The van der Waals surface area contributed by atoms with E-state index in [0.29, 0.717) is 0 Å². The molecule has 0 radical (unpaired) electrons. The van der Waals surface area contributed by atoms with E-state index in [-0.39, 0.29) is 6.90 Å². The smallest absolute Gasteiger partial charge is 0.327 e. The number of thiol groups is 1. The molecule has 0 unspecified atom stereocenters. The van der Waals surface area contributed by atoms with Gasteiger partial charge in [-0.3, -0.25) is 4.79 Å². The molecule has 0 bridgehead atoms. The van der Waals surface area contributed by atoms with Crippen LogP contribution in [0.15, 0.2) is 0 Å². The van der Waals surface area contributed by atoms with Crippen LogP contribution in [-0.2, 0) is 9.59 Å². The lowest BCUT2D eigenvalue weighted by atomic mass is 9.93. The zero-order valence-corrected chi connectivity index (χ0v) is 10.4. The van der Waals surface area contributed by atoms with Crippen molar-refractivity contribution in [1.82, 2.24) is 5.32 Å². The van der Waals surface area contributed by atoms with Gasteiger partial charge in [-0.1, -0.05) is 20.7 Å². The van der Waals surface area contributed by atoms with Crippen molar-refractivity contribution in [3.05, 3.63) is 0 Å². The summed E-state index contributed by atoms with van der Waals surface area (Å²) in [7, 11) is 0. The van der Waals surface area contributed by atoms with E-state index in [2.05, 4.69) is 17.9 Å². The molecule has 0 aliphatic rings. The summed E-state index contributed by atoms with van der Waals surface area (Å²) in [5.74, 6) is -1.58. The van der Waals surface area contributed by atoms with Gasteiger partial charge in [0.05, 0.1) is 0 Å². The third-order valence-electron chi connectivity index (χ3n) is 1.84. The number of hydrogen-bond donors (Lipinski definition) is 3. The Hall–Kier alpha value is -0.710. The van der Waals surface area contributed by atoms with Crippen molar-refractivity contribution in [1.29, 1.82) is 0 Å². The maximum Gasteiger partial charge on any atom is 0.327 e. The molecule has 4 nitrogen and oxygen atoms in total. The van der Waals surface area contributed by atoms with Crippen LogP contribution in [-0.4, -0.2) is 27.8 Å². The van der Waals surface area contributed by atoms with Crippen molar-refractivity contribution in [3.63, 3.8) is 0 Å². The van der Waals surface area contributed by atoms with Crippen LogP contribution in [0.4, 0.5) is 0 Å². The lowest BCUT2D eigenvalue weighted by Crippen LogP contribution is -2.54. The summed E-state index contributed by atoms with van der Waals surface area (Å²) >= 11 is 4.15. The Labute approximate surface area is 97.3 Å². The number of carbonyl (C=O) groups excluding carboxylic acids is 1. The molecule has 88 valence electrons. The molecule has 0 aromatic rings. The zero-order valence-electron chi connectivity index (χ0n) is 10.5. The number of rotatable bonds is 3. The summed E-state index contributed by atoms with van der Waals surface area (Å²) in [5.41, 5.74) is -0.896. The van der Waals surface area contributed by atoms with Crippen LogP contribution < -0.4 is 5.32 Å². The Morgan fingerprint density at radius 2 is 1.87 bits per heavy atom. The van der Waals surface area contributed by atoms with E-state index >= 15 is 0 Å². The Kier molecular flexibility index (Phi) is 3.65. The van der Waals surface area contributed by atoms with Crippen molar-refractivity contribution < 1.29 is 16.1 Å². The van der Waals surface area contributed by atoms with Crippen LogP contribution in [0, 0.1) is 5.41 Å². The van der Waals surface area contributed by atoms with Gasteiger partial charge in [0.15, 0.2) is 0 Å². The van der Waals surface area contributed by atoms with Gasteiger partial charge in [-0.25, -0.2) is 4.79 Å². The van der Waals surface area contributed by atoms with E-state index in [1.54, 1.807) is 27.7 Å². The van der Waals surface area contributed by atoms with Crippen LogP contribution in [0.3, 0.4) is 0 Å². The molecule has 0 saturated carbocycles. The highest BCUT2D eigenvalue weighted by molar-refractivity contribution is 7.81. The largest absolute Gasteiger partial charge is 0.480 e. The number of nitrogens with one attached hydrogen (secondary N) is 1. The molecular formula is C10H19NO3S. The van der Waals surface area contributed by atoms with Gasteiger partial charge < -0.3 is 10.4 Å². The molecule has 5 heteroatoms.